The Morgan fingerprint density at radius 2 is 1.14 bits per heavy atom. The summed E-state index contributed by atoms with van der Waals surface area (Å²) in [6, 6.07) is 40.1. The number of fused-ring (bicyclic) bond motifs is 3. The number of hydrogen-bond donors (Lipinski definition) is 0. The Bertz CT molecular complexity index is 1550. The van der Waals surface area contributed by atoms with Crippen LogP contribution in [0.5, 0.6) is 0 Å². The molecule has 5 aromatic carbocycles. The van der Waals surface area contributed by atoms with Gasteiger partial charge in [-0.05, 0) is 88.2 Å². The van der Waals surface area contributed by atoms with Gasteiger partial charge in [0.1, 0.15) is 0 Å². The molecule has 5 aromatic rings. The second kappa shape index (κ2) is 8.62. The summed E-state index contributed by atoms with van der Waals surface area (Å²) in [5, 5.41) is 0. The van der Waals surface area contributed by atoms with E-state index >= 15 is 0 Å². The molecule has 0 spiro atoms. The van der Waals surface area contributed by atoms with Crippen molar-refractivity contribution in [1.82, 2.24) is 0 Å². The van der Waals surface area contributed by atoms with Gasteiger partial charge in [0.15, 0.2) is 0 Å². The molecule has 0 radical (unpaired) electrons. The Labute approximate surface area is 223 Å². The first-order valence-electron chi connectivity index (χ1n) is 11.8. The fourth-order valence-electron chi connectivity index (χ4n) is 5.82. The quantitative estimate of drug-likeness (QED) is 0.196. The van der Waals surface area contributed by atoms with Gasteiger partial charge in [-0.3, -0.25) is 0 Å². The molecule has 0 fully saturated rings. The first kappa shape index (κ1) is 22.5. The Balaban J connectivity index is 1.82. The summed E-state index contributed by atoms with van der Waals surface area (Å²) in [5.74, 6) is 0. The summed E-state index contributed by atoms with van der Waals surface area (Å²) in [4.78, 5) is 0. The molecule has 0 aliphatic heterocycles. The second-order valence-corrected chi connectivity index (χ2v) is 11.2. The zero-order valence-electron chi connectivity index (χ0n) is 19.6. The minimum atomic E-state index is -0.426. The molecule has 0 amide bonds. The van der Waals surface area contributed by atoms with E-state index in [1.807, 2.05) is 0 Å². The Morgan fingerprint density at radius 1 is 0.514 bits per heavy atom. The monoisotopic (exact) mass is 578 g/mol. The number of aryl methyl sites for hydroxylation is 2. The molecular formula is C33H24Br2. The average Bonchev–Trinajstić information content (AvgIpc) is 3.15. The van der Waals surface area contributed by atoms with Crippen LogP contribution < -0.4 is 0 Å². The lowest BCUT2D eigenvalue weighted by molar-refractivity contribution is 0.767. The van der Waals surface area contributed by atoms with Crippen LogP contribution in [0, 0.1) is 13.8 Å². The lowest BCUT2D eigenvalue weighted by Crippen LogP contribution is -2.28. The van der Waals surface area contributed by atoms with Gasteiger partial charge in [0, 0.05) is 8.95 Å². The van der Waals surface area contributed by atoms with Crippen LogP contribution in [0.4, 0.5) is 0 Å². The summed E-state index contributed by atoms with van der Waals surface area (Å²) >= 11 is 7.53. The van der Waals surface area contributed by atoms with Gasteiger partial charge >= 0.3 is 0 Å². The van der Waals surface area contributed by atoms with Crippen LogP contribution in [0.2, 0.25) is 0 Å². The molecule has 0 saturated carbocycles. The van der Waals surface area contributed by atoms with Crippen LogP contribution in [0.15, 0.2) is 118 Å². The van der Waals surface area contributed by atoms with E-state index in [2.05, 4.69) is 155 Å². The molecule has 2 heteroatoms. The number of rotatable bonds is 3. The summed E-state index contributed by atoms with van der Waals surface area (Å²) < 4.78 is 2.17. The zero-order valence-corrected chi connectivity index (χ0v) is 22.8. The summed E-state index contributed by atoms with van der Waals surface area (Å²) in [6.45, 7) is 4.39. The maximum Gasteiger partial charge on any atom is 0.0714 e. The van der Waals surface area contributed by atoms with Crippen LogP contribution in [-0.4, -0.2) is 0 Å². The van der Waals surface area contributed by atoms with Crippen molar-refractivity contribution in [3.05, 3.63) is 152 Å². The van der Waals surface area contributed by atoms with Crippen LogP contribution in [0.25, 0.3) is 22.3 Å². The van der Waals surface area contributed by atoms with E-state index in [4.69, 9.17) is 0 Å². The maximum absolute atomic E-state index is 3.76. The Kier molecular flexibility index (Phi) is 5.55. The highest BCUT2D eigenvalue weighted by molar-refractivity contribution is 9.10. The van der Waals surface area contributed by atoms with Crippen LogP contribution >= 0.6 is 31.9 Å². The number of hydrogen-bond acceptors (Lipinski definition) is 0. The number of benzene rings is 5. The fraction of sp³-hybridized carbons (Fsp3) is 0.0909. The number of halogens is 2. The van der Waals surface area contributed by atoms with Gasteiger partial charge in [0.2, 0.25) is 0 Å². The third-order valence-corrected chi connectivity index (χ3v) is 8.25. The van der Waals surface area contributed by atoms with Gasteiger partial charge in [0.05, 0.1) is 5.41 Å². The van der Waals surface area contributed by atoms with Crippen molar-refractivity contribution in [1.29, 1.82) is 0 Å². The maximum atomic E-state index is 3.76. The highest BCUT2D eigenvalue weighted by atomic mass is 79.9. The topological polar surface area (TPSA) is 0 Å². The first-order valence-corrected chi connectivity index (χ1v) is 13.4. The minimum absolute atomic E-state index is 0.426. The van der Waals surface area contributed by atoms with Gasteiger partial charge in [-0.15, -0.1) is 0 Å². The molecule has 0 aromatic heterocycles. The molecule has 0 N–H and O–H groups in total. The third kappa shape index (κ3) is 3.46. The molecule has 1 aliphatic carbocycles. The van der Waals surface area contributed by atoms with Gasteiger partial charge in [-0.2, -0.15) is 0 Å². The predicted molar refractivity (Wildman–Crippen MR) is 154 cm³/mol. The van der Waals surface area contributed by atoms with Crippen molar-refractivity contribution >= 4 is 31.9 Å². The van der Waals surface area contributed by atoms with Gasteiger partial charge < -0.3 is 0 Å². The van der Waals surface area contributed by atoms with Gasteiger partial charge in [0.25, 0.3) is 0 Å². The lowest BCUT2D eigenvalue weighted by atomic mass is 9.67. The highest BCUT2D eigenvalue weighted by Crippen LogP contribution is 2.58. The molecule has 0 nitrogen and oxygen atoms in total. The van der Waals surface area contributed by atoms with Crippen LogP contribution in [0.3, 0.4) is 0 Å². The van der Waals surface area contributed by atoms with Crippen molar-refractivity contribution in [3.63, 3.8) is 0 Å². The van der Waals surface area contributed by atoms with E-state index in [0.29, 0.717) is 0 Å². The van der Waals surface area contributed by atoms with Crippen molar-refractivity contribution in [2.45, 2.75) is 19.3 Å². The third-order valence-electron chi connectivity index (χ3n) is 7.27. The van der Waals surface area contributed by atoms with Gasteiger partial charge in [-0.1, -0.05) is 122 Å². The van der Waals surface area contributed by atoms with E-state index in [0.717, 1.165) is 8.95 Å². The molecule has 6 rings (SSSR count). The summed E-state index contributed by atoms with van der Waals surface area (Å²) in [7, 11) is 0. The molecule has 0 saturated heterocycles. The van der Waals surface area contributed by atoms with Crippen molar-refractivity contribution in [2.24, 2.45) is 0 Å². The van der Waals surface area contributed by atoms with E-state index in [1.165, 1.54) is 55.6 Å². The second-order valence-electron chi connectivity index (χ2n) is 9.36. The van der Waals surface area contributed by atoms with Crippen LogP contribution in [0.1, 0.15) is 33.4 Å². The Morgan fingerprint density at radius 3 is 1.80 bits per heavy atom. The molecular weight excluding hydrogens is 556 g/mol. The zero-order chi connectivity index (χ0) is 24.2. The highest BCUT2D eigenvalue weighted by Gasteiger charge is 2.47. The summed E-state index contributed by atoms with van der Waals surface area (Å²) in [6.07, 6.45) is 0. The van der Waals surface area contributed by atoms with E-state index in [1.54, 1.807) is 0 Å². The molecule has 0 heterocycles. The summed E-state index contributed by atoms with van der Waals surface area (Å²) in [5.41, 5.74) is 12.5. The van der Waals surface area contributed by atoms with Crippen molar-refractivity contribution in [3.8, 4) is 22.3 Å². The largest absolute Gasteiger partial charge is 0.0714 e. The van der Waals surface area contributed by atoms with E-state index < -0.39 is 5.41 Å². The van der Waals surface area contributed by atoms with E-state index in [-0.39, 0.29) is 0 Å². The molecule has 0 atom stereocenters. The minimum Gasteiger partial charge on any atom is -0.0620 e. The molecule has 170 valence electrons. The molecule has 0 bridgehead atoms. The fourth-order valence-corrected chi connectivity index (χ4v) is 6.62. The van der Waals surface area contributed by atoms with Crippen molar-refractivity contribution in [2.75, 3.05) is 0 Å². The average molecular weight is 580 g/mol. The lowest BCUT2D eigenvalue weighted by Gasteiger charge is -2.34. The first-order chi connectivity index (χ1) is 17.0. The predicted octanol–water partition coefficient (Wildman–Crippen LogP) is 9.86. The molecule has 0 unspecified atom stereocenters. The smallest absolute Gasteiger partial charge is 0.0620 e. The molecule has 1 aliphatic rings. The SMILES string of the molecule is Cc1ccc2c(c1)-c1c(-c3ccccc3C)cccc1C2(c1cccc(Br)c1)c1cccc(Br)c1. The molecule has 35 heavy (non-hydrogen) atoms. The van der Waals surface area contributed by atoms with Gasteiger partial charge in [-0.25, -0.2) is 0 Å². The normalized spacial score (nSPS) is 13.4. The van der Waals surface area contributed by atoms with Crippen molar-refractivity contribution < 1.29 is 0 Å². The Hall–Kier alpha value is -2.94. The van der Waals surface area contributed by atoms with E-state index in [9.17, 15) is 0 Å². The standard InChI is InChI=1S/C33H24Br2/c1-21-16-17-30-29(18-21)32-28(27-13-4-3-8-22(27)2)14-7-15-31(32)33(30,23-9-5-11-25(34)19-23)24-10-6-12-26(35)20-24/h3-20H,1-2H3. The van der Waals surface area contributed by atoms with Crippen LogP contribution in [-0.2, 0) is 5.41 Å².